The average Bonchev–Trinajstić information content (AvgIpc) is 2.34. The van der Waals surface area contributed by atoms with Crippen molar-refractivity contribution in [2.75, 3.05) is 25.6 Å². The number of aliphatic hydroxyl groups excluding tert-OH is 1. The van der Waals surface area contributed by atoms with Crippen LogP contribution < -0.4 is 10.1 Å². The molecule has 1 aromatic carbocycles. The molecule has 1 rings (SSSR count). The van der Waals surface area contributed by atoms with E-state index in [-0.39, 0.29) is 0 Å². The van der Waals surface area contributed by atoms with Crippen molar-refractivity contribution >= 4 is 5.69 Å². The van der Waals surface area contributed by atoms with Crippen molar-refractivity contribution in [1.82, 2.24) is 0 Å². The van der Waals surface area contributed by atoms with Gasteiger partial charge in [-0.25, -0.2) is 0 Å². The first-order chi connectivity index (χ1) is 9.02. The number of aliphatic hydroxyl groups is 1. The van der Waals surface area contributed by atoms with Gasteiger partial charge in [-0.2, -0.15) is 0 Å². The first-order valence-corrected chi connectivity index (χ1v) is 6.72. The normalized spacial score (nSPS) is 12.5. The van der Waals surface area contributed by atoms with Gasteiger partial charge < -0.3 is 19.9 Å². The number of rotatable bonds is 8. The lowest BCUT2D eigenvalue weighted by atomic mass is 10.1. The monoisotopic (exact) mass is 267 g/mol. The third kappa shape index (κ3) is 5.94. The second-order valence-electron chi connectivity index (χ2n) is 5.02. The first-order valence-electron chi connectivity index (χ1n) is 6.72. The Hall–Kier alpha value is -1.26. The van der Waals surface area contributed by atoms with Gasteiger partial charge in [-0.15, -0.1) is 0 Å². The Morgan fingerprint density at radius 2 is 2.00 bits per heavy atom. The molecule has 0 radical (unpaired) electrons. The van der Waals surface area contributed by atoms with Crippen LogP contribution in [-0.2, 0) is 11.2 Å². The van der Waals surface area contributed by atoms with E-state index in [1.54, 1.807) is 14.0 Å². The van der Waals surface area contributed by atoms with E-state index < -0.39 is 6.10 Å². The lowest BCUT2D eigenvalue weighted by molar-refractivity contribution is 0.123. The zero-order valence-electron chi connectivity index (χ0n) is 12.3. The van der Waals surface area contributed by atoms with Gasteiger partial charge in [0.15, 0.2) is 0 Å². The van der Waals surface area contributed by atoms with Gasteiger partial charge in [-0.05, 0) is 38.8 Å². The van der Waals surface area contributed by atoms with Crippen molar-refractivity contribution in [3.05, 3.63) is 23.8 Å². The van der Waals surface area contributed by atoms with E-state index >= 15 is 0 Å². The molecule has 1 atom stereocenters. The molecule has 0 aromatic heterocycles. The molecule has 1 unspecified atom stereocenters. The average molecular weight is 267 g/mol. The maximum atomic E-state index is 9.24. The Kier molecular flexibility index (Phi) is 6.67. The number of hydrogen-bond donors (Lipinski definition) is 2. The van der Waals surface area contributed by atoms with Gasteiger partial charge >= 0.3 is 0 Å². The smallest absolute Gasteiger partial charge is 0.121 e. The van der Waals surface area contributed by atoms with Gasteiger partial charge in [0.25, 0.3) is 0 Å². The highest BCUT2D eigenvalue weighted by Crippen LogP contribution is 2.24. The Morgan fingerprint density at radius 3 is 2.58 bits per heavy atom. The van der Waals surface area contributed by atoms with Crippen LogP contribution in [0.1, 0.15) is 26.3 Å². The topological polar surface area (TPSA) is 50.7 Å². The van der Waals surface area contributed by atoms with Crippen molar-refractivity contribution in [1.29, 1.82) is 0 Å². The zero-order valence-corrected chi connectivity index (χ0v) is 12.3. The number of anilines is 1. The molecule has 19 heavy (non-hydrogen) atoms. The highest BCUT2D eigenvalue weighted by Gasteiger charge is 2.07. The van der Waals surface area contributed by atoms with Crippen LogP contribution in [0.2, 0.25) is 0 Å². The largest absolute Gasteiger partial charge is 0.491 e. The van der Waals surface area contributed by atoms with Crippen LogP contribution >= 0.6 is 0 Å². The Labute approximate surface area is 115 Å². The molecule has 0 saturated carbocycles. The number of ether oxygens (including phenoxy) is 2. The van der Waals surface area contributed by atoms with Crippen LogP contribution in [0.15, 0.2) is 18.2 Å². The van der Waals surface area contributed by atoms with Gasteiger partial charge in [-0.3, -0.25) is 0 Å². The van der Waals surface area contributed by atoms with Gasteiger partial charge in [-0.1, -0.05) is 6.07 Å². The Balaban J connectivity index is 2.81. The van der Waals surface area contributed by atoms with Crippen LogP contribution in [-0.4, -0.2) is 37.6 Å². The maximum Gasteiger partial charge on any atom is 0.121 e. The van der Waals surface area contributed by atoms with E-state index in [0.717, 1.165) is 17.9 Å². The molecule has 0 bridgehead atoms. The molecule has 4 heteroatoms. The van der Waals surface area contributed by atoms with E-state index in [9.17, 15) is 5.11 Å². The van der Waals surface area contributed by atoms with Crippen LogP contribution in [0.4, 0.5) is 5.69 Å². The van der Waals surface area contributed by atoms with Crippen molar-refractivity contribution in [2.45, 2.75) is 39.3 Å². The van der Waals surface area contributed by atoms with E-state index in [1.165, 1.54) is 5.56 Å². The summed E-state index contributed by atoms with van der Waals surface area (Å²) in [5.74, 6) is 0.769. The maximum absolute atomic E-state index is 9.24. The van der Waals surface area contributed by atoms with Crippen molar-refractivity contribution in [3.8, 4) is 5.75 Å². The molecule has 0 spiro atoms. The summed E-state index contributed by atoms with van der Waals surface area (Å²) in [4.78, 5) is 0. The lowest BCUT2D eigenvalue weighted by Gasteiger charge is -2.17. The van der Waals surface area contributed by atoms with E-state index in [1.807, 2.05) is 18.2 Å². The third-order valence-electron chi connectivity index (χ3n) is 2.59. The molecule has 0 aliphatic heterocycles. The summed E-state index contributed by atoms with van der Waals surface area (Å²) < 4.78 is 10.7. The SMILES string of the molecule is COCCc1ccc(OCC(C)O)cc1NC(C)C. The zero-order chi connectivity index (χ0) is 14.3. The van der Waals surface area contributed by atoms with E-state index in [2.05, 4.69) is 19.2 Å². The van der Waals surface area contributed by atoms with E-state index in [4.69, 9.17) is 9.47 Å². The molecule has 0 heterocycles. The molecule has 0 amide bonds. The quantitative estimate of drug-likeness (QED) is 0.759. The lowest BCUT2D eigenvalue weighted by Crippen LogP contribution is -2.14. The molecule has 0 aliphatic carbocycles. The minimum atomic E-state index is -0.463. The summed E-state index contributed by atoms with van der Waals surface area (Å²) in [6, 6.07) is 6.31. The number of methoxy groups -OCH3 is 1. The standard InChI is InChI=1S/C15H25NO3/c1-11(2)16-15-9-14(19-10-12(3)17)6-5-13(15)7-8-18-4/h5-6,9,11-12,16-17H,7-8,10H2,1-4H3. The minimum Gasteiger partial charge on any atom is -0.491 e. The Bertz CT molecular complexity index is 378. The molecule has 4 nitrogen and oxygen atoms in total. The summed E-state index contributed by atoms with van der Waals surface area (Å²) in [5, 5.41) is 12.7. The second-order valence-corrected chi connectivity index (χ2v) is 5.02. The molecule has 108 valence electrons. The molecule has 0 saturated heterocycles. The molecule has 0 aliphatic rings. The molecular formula is C15H25NO3. The van der Waals surface area contributed by atoms with Gasteiger partial charge in [0, 0.05) is 24.9 Å². The fourth-order valence-electron chi connectivity index (χ4n) is 1.74. The Morgan fingerprint density at radius 1 is 1.26 bits per heavy atom. The fraction of sp³-hybridized carbons (Fsp3) is 0.600. The summed E-state index contributed by atoms with van der Waals surface area (Å²) in [6.45, 7) is 6.91. The summed E-state index contributed by atoms with van der Waals surface area (Å²) in [7, 11) is 1.70. The fourth-order valence-corrected chi connectivity index (χ4v) is 1.74. The summed E-state index contributed by atoms with van der Waals surface area (Å²) in [6.07, 6.45) is 0.400. The summed E-state index contributed by atoms with van der Waals surface area (Å²) in [5.41, 5.74) is 2.27. The highest BCUT2D eigenvalue weighted by molar-refractivity contribution is 5.55. The predicted molar refractivity (Wildman–Crippen MR) is 78.0 cm³/mol. The van der Waals surface area contributed by atoms with Crippen LogP contribution in [0, 0.1) is 0 Å². The molecule has 0 fully saturated rings. The second kappa shape index (κ2) is 8.02. The van der Waals surface area contributed by atoms with Crippen molar-refractivity contribution in [2.24, 2.45) is 0 Å². The minimum absolute atomic E-state index is 0.304. The van der Waals surface area contributed by atoms with Crippen molar-refractivity contribution < 1.29 is 14.6 Å². The van der Waals surface area contributed by atoms with Gasteiger partial charge in [0.2, 0.25) is 0 Å². The molecular weight excluding hydrogens is 242 g/mol. The highest BCUT2D eigenvalue weighted by atomic mass is 16.5. The number of hydrogen-bond acceptors (Lipinski definition) is 4. The third-order valence-corrected chi connectivity index (χ3v) is 2.59. The van der Waals surface area contributed by atoms with Crippen LogP contribution in [0.25, 0.3) is 0 Å². The number of benzene rings is 1. The van der Waals surface area contributed by atoms with Gasteiger partial charge in [0.05, 0.1) is 12.7 Å². The number of nitrogens with one attached hydrogen (secondary N) is 1. The van der Waals surface area contributed by atoms with Crippen LogP contribution in [0.5, 0.6) is 5.75 Å². The van der Waals surface area contributed by atoms with Crippen molar-refractivity contribution in [3.63, 3.8) is 0 Å². The van der Waals surface area contributed by atoms with E-state index in [0.29, 0.717) is 19.3 Å². The molecule has 1 aromatic rings. The molecule has 2 N–H and O–H groups in total. The van der Waals surface area contributed by atoms with Crippen LogP contribution in [0.3, 0.4) is 0 Å². The van der Waals surface area contributed by atoms with Gasteiger partial charge in [0.1, 0.15) is 12.4 Å². The predicted octanol–water partition coefficient (Wildman–Crippen LogP) is 2.46. The summed E-state index contributed by atoms with van der Waals surface area (Å²) >= 11 is 0. The first kappa shape index (κ1) is 15.8.